The number of carbonyl (C=O) groups excluding carboxylic acids is 1. The zero-order valence-corrected chi connectivity index (χ0v) is 9.45. The second-order valence-corrected chi connectivity index (χ2v) is 3.85. The molecule has 1 fully saturated rings. The molecule has 0 atom stereocenters. The van der Waals surface area contributed by atoms with Crippen molar-refractivity contribution in [2.75, 3.05) is 33.0 Å². The minimum atomic E-state index is -3.95. The quantitative estimate of drug-likeness (QED) is 0.324. The molecule has 0 radical (unpaired) electrons. The average molecular weight is 275 g/mol. The molecule has 0 amide bonds. The molecule has 1 aliphatic rings. The zero-order chi connectivity index (χ0) is 12.7. The molecule has 0 bridgehead atoms. The summed E-state index contributed by atoms with van der Waals surface area (Å²) in [7, 11) is 0. The molecule has 1 aliphatic heterocycles. The third-order valence-corrected chi connectivity index (χ3v) is 2.39. The maximum Gasteiger partial charge on any atom is 0.415 e. The molecule has 7 nitrogen and oxygen atoms in total. The van der Waals surface area contributed by atoms with E-state index < -0.39 is 23.3 Å². The van der Waals surface area contributed by atoms with E-state index in [2.05, 4.69) is 14.1 Å². The van der Waals surface area contributed by atoms with Crippen molar-refractivity contribution in [2.24, 2.45) is 0 Å². The maximum absolute atomic E-state index is 12.9. The predicted octanol–water partition coefficient (Wildman–Crippen LogP) is 0.481. The SMILES string of the molecule is O=C(OCN1CCOCC1)C(F)(F)SOOO. The normalized spacial score (nSPS) is 18.1. The van der Waals surface area contributed by atoms with E-state index in [0.717, 1.165) is 0 Å². The Kier molecular flexibility index (Phi) is 6.02. The number of esters is 1. The van der Waals surface area contributed by atoms with Crippen LogP contribution in [0.1, 0.15) is 0 Å². The van der Waals surface area contributed by atoms with Crippen LogP contribution in [0.15, 0.2) is 0 Å². The summed E-state index contributed by atoms with van der Waals surface area (Å²) in [6, 6.07) is 0. The molecule has 0 aromatic carbocycles. The van der Waals surface area contributed by atoms with E-state index in [0.29, 0.717) is 26.3 Å². The lowest BCUT2D eigenvalue weighted by atomic mass is 10.5. The van der Waals surface area contributed by atoms with Crippen molar-refractivity contribution in [3.63, 3.8) is 0 Å². The van der Waals surface area contributed by atoms with E-state index >= 15 is 0 Å². The number of rotatable bonds is 6. The molecule has 1 heterocycles. The summed E-state index contributed by atoms with van der Waals surface area (Å²) in [6.07, 6.45) is 0. The topological polar surface area (TPSA) is 77.5 Å². The minimum Gasteiger partial charge on any atom is -0.444 e. The Balaban J connectivity index is 2.27. The highest BCUT2D eigenvalue weighted by atomic mass is 32.2. The van der Waals surface area contributed by atoms with Crippen molar-refractivity contribution in [3.05, 3.63) is 0 Å². The van der Waals surface area contributed by atoms with E-state index in [1.165, 1.54) is 0 Å². The highest BCUT2D eigenvalue weighted by molar-refractivity contribution is 7.96. The van der Waals surface area contributed by atoms with Crippen LogP contribution in [0.4, 0.5) is 8.78 Å². The van der Waals surface area contributed by atoms with Gasteiger partial charge in [-0.3, -0.25) is 4.90 Å². The van der Waals surface area contributed by atoms with Crippen molar-refractivity contribution in [2.45, 2.75) is 5.25 Å². The van der Waals surface area contributed by atoms with Crippen LogP contribution in [0.5, 0.6) is 0 Å². The molecule has 0 spiro atoms. The molecule has 1 saturated heterocycles. The molecule has 0 aromatic heterocycles. The van der Waals surface area contributed by atoms with Gasteiger partial charge < -0.3 is 9.47 Å². The monoisotopic (exact) mass is 275 g/mol. The number of morpholine rings is 1. The first kappa shape index (κ1) is 14.5. The van der Waals surface area contributed by atoms with E-state index in [4.69, 9.17) is 9.99 Å². The van der Waals surface area contributed by atoms with Crippen LogP contribution >= 0.6 is 12.0 Å². The average Bonchev–Trinajstić information content (AvgIpc) is 2.34. The van der Waals surface area contributed by atoms with Crippen molar-refractivity contribution in [3.8, 4) is 0 Å². The zero-order valence-electron chi connectivity index (χ0n) is 8.64. The van der Waals surface area contributed by atoms with E-state index in [-0.39, 0.29) is 6.73 Å². The molecule has 0 aliphatic carbocycles. The molecule has 0 saturated carbocycles. The summed E-state index contributed by atoms with van der Waals surface area (Å²) in [5.74, 6) is -1.77. The number of hydrogen-bond donors (Lipinski definition) is 1. The van der Waals surface area contributed by atoms with Gasteiger partial charge in [-0.1, -0.05) is 5.04 Å². The highest BCUT2D eigenvalue weighted by Gasteiger charge is 2.44. The van der Waals surface area contributed by atoms with Gasteiger partial charge in [-0.05, 0) is 0 Å². The van der Waals surface area contributed by atoms with Crippen molar-refractivity contribution in [1.82, 2.24) is 4.90 Å². The van der Waals surface area contributed by atoms with E-state index in [9.17, 15) is 13.6 Å². The first-order chi connectivity index (χ1) is 8.06. The number of halogens is 2. The van der Waals surface area contributed by atoms with Gasteiger partial charge in [0.25, 0.3) is 0 Å². The van der Waals surface area contributed by atoms with Gasteiger partial charge in [0.15, 0.2) is 0 Å². The molecule has 10 heteroatoms. The first-order valence-electron chi connectivity index (χ1n) is 4.57. The molecular weight excluding hydrogens is 264 g/mol. The van der Waals surface area contributed by atoms with Gasteiger partial charge in [-0.15, -0.1) is 4.33 Å². The highest BCUT2D eigenvalue weighted by Crippen LogP contribution is 2.31. The van der Waals surface area contributed by atoms with Gasteiger partial charge in [-0.25, -0.2) is 10.1 Å². The fourth-order valence-electron chi connectivity index (χ4n) is 1.06. The van der Waals surface area contributed by atoms with Gasteiger partial charge in [0.05, 0.1) is 13.2 Å². The standard InChI is InChI=1S/C7H11F2NO6S/c8-7(9,17-16-15-12)6(11)14-5-10-1-3-13-4-2-10/h12H,1-5H2. The van der Waals surface area contributed by atoms with Crippen LogP contribution < -0.4 is 0 Å². The molecule has 0 aromatic rings. The van der Waals surface area contributed by atoms with Crippen LogP contribution in [0.3, 0.4) is 0 Å². The Morgan fingerprint density at radius 3 is 2.71 bits per heavy atom. The van der Waals surface area contributed by atoms with Gasteiger partial charge in [-0.2, -0.15) is 8.78 Å². The van der Waals surface area contributed by atoms with Crippen molar-refractivity contribution in [1.29, 1.82) is 0 Å². The van der Waals surface area contributed by atoms with Crippen LogP contribution in [-0.4, -0.2) is 54.4 Å². The lowest BCUT2D eigenvalue weighted by Crippen LogP contribution is -2.40. The number of nitrogens with zero attached hydrogens (tertiary/aromatic N) is 1. The Hall–Kier alpha value is -0.520. The summed E-state index contributed by atoms with van der Waals surface area (Å²) in [5.41, 5.74) is 0. The Bertz CT molecular complexity index is 251. The van der Waals surface area contributed by atoms with Crippen molar-refractivity contribution >= 4 is 18.0 Å². The van der Waals surface area contributed by atoms with Crippen LogP contribution in [-0.2, 0) is 23.6 Å². The van der Waals surface area contributed by atoms with Crippen LogP contribution in [0.2, 0.25) is 0 Å². The number of alkyl halides is 2. The largest absolute Gasteiger partial charge is 0.444 e. The molecule has 17 heavy (non-hydrogen) atoms. The van der Waals surface area contributed by atoms with E-state index in [1.54, 1.807) is 4.90 Å². The lowest BCUT2D eigenvalue weighted by Gasteiger charge is -2.26. The summed E-state index contributed by atoms with van der Waals surface area (Å²) in [4.78, 5) is 12.6. The second kappa shape index (κ2) is 7.03. The Morgan fingerprint density at radius 2 is 2.12 bits per heavy atom. The third-order valence-electron chi connectivity index (χ3n) is 1.89. The Labute approximate surface area is 99.6 Å². The predicted molar refractivity (Wildman–Crippen MR) is 50.7 cm³/mol. The first-order valence-corrected chi connectivity index (χ1v) is 5.31. The Morgan fingerprint density at radius 1 is 1.47 bits per heavy atom. The van der Waals surface area contributed by atoms with Gasteiger partial charge >= 0.3 is 11.2 Å². The molecule has 0 unspecified atom stereocenters. The van der Waals surface area contributed by atoms with Gasteiger partial charge in [0, 0.05) is 13.1 Å². The lowest BCUT2D eigenvalue weighted by molar-refractivity contribution is -0.433. The van der Waals surface area contributed by atoms with Crippen LogP contribution in [0.25, 0.3) is 0 Å². The van der Waals surface area contributed by atoms with Crippen LogP contribution in [0, 0.1) is 0 Å². The molecule has 1 N–H and O–H groups in total. The number of ether oxygens (including phenoxy) is 2. The molecular formula is C7H11F2NO6S. The van der Waals surface area contributed by atoms with Gasteiger partial charge in [0.1, 0.15) is 18.8 Å². The summed E-state index contributed by atoms with van der Waals surface area (Å²) < 4.78 is 38.7. The second-order valence-electron chi connectivity index (χ2n) is 3.03. The summed E-state index contributed by atoms with van der Waals surface area (Å²) in [5, 5.41) is 6.72. The molecule has 1 rings (SSSR count). The molecule has 100 valence electrons. The minimum absolute atomic E-state index is 0.252. The summed E-state index contributed by atoms with van der Waals surface area (Å²) >= 11 is -0.650. The third kappa shape index (κ3) is 5.10. The number of hydrogen-bond acceptors (Lipinski definition) is 8. The van der Waals surface area contributed by atoms with E-state index in [1.807, 2.05) is 0 Å². The van der Waals surface area contributed by atoms with Gasteiger partial charge in [0.2, 0.25) is 0 Å². The summed E-state index contributed by atoms with van der Waals surface area (Å²) in [6.45, 7) is 1.68. The maximum atomic E-state index is 12.9. The smallest absolute Gasteiger partial charge is 0.415 e. The fraction of sp³-hybridized carbons (Fsp3) is 0.857. The van der Waals surface area contributed by atoms with Crippen molar-refractivity contribution < 1.29 is 37.7 Å². The fourth-order valence-corrected chi connectivity index (χ4v) is 1.30. The number of carbonyl (C=O) groups is 1.